The van der Waals surface area contributed by atoms with Crippen molar-refractivity contribution in [3.8, 4) is 0 Å². The summed E-state index contributed by atoms with van der Waals surface area (Å²) in [7, 11) is 0. The summed E-state index contributed by atoms with van der Waals surface area (Å²) in [5.74, 6) is -1.03. The number of unbranched alkanes of at least 4 members (excludes halogenated alkanes) is 3. The zero-order valence-corrected chi connectivity index (χ0v) is 17.5. The van der Waals surface area contributed by atoms with E-state index in [1.807, 2.05) is 0 Å². The minimum absolute atomic E-state index is 0.0314. The Hall–Kier alpha value is -2.03. The lowest BCUT2D eigenvalue weighted by atomic mass is 10.1. The highest BCUT2D eigenvalue weighted by atomic mass is 32.2. The summed E-state index contributed by atoms with van der Waals surface area (Å²) < 4.78 is 0. The second kappa shape index (κ2) is 16.0. The van der Waals surface area contributed by atoms with E-state index < -0.39 is 5.91 Å². The summed E-state index contributed by atoms with van der Waals surface area (Å²) in [5, 5.41) is 4.70. The SMILES string of the molecule is CC(=O)CCCCCCC(=O)CNC(=O)CCC(=O)CNC(=O)CSC(C)=O. The Morgan fingerprint density at radius 2 is 1.18 bits per heavy atom. The number of hydrogen-bond acceptors (Lipinski definition) is 7. The van der Waals surface area contributed by atoms with Crippen molar-refractivity contribution < 1.29 is 28.8 Å². The van der Waals surface area contributed by atoms with Crippen molar-refractivity contribution in [1.29, 1.82) is 0 Å². The van der Waals surface area contributed by atoms with Crippen LogP contribution in [0.15, 0.2) is 0 Å². The molecule has 0 aromatic carbocycles. The third kappa shape index (κ3) is 17.4. The smallest absolute Gasteiger partial charge is 0.230 e. The molecule has 2 amide bonds. The highest BCUT2D eigenvalue weighted by Crippen LogP contribution is 2.06. The van der Waals surface area contributed by atoms with Gasteiger partial charge in [-0.25, -0.2) is 0 Å². The minimum Gasteiger partial charge on any atom is -0.349 e. The quantitative estimate of drug-likeness (QED) is 0.365. The Bertz CT molecular complexity index is 577. The number of hydrogen-bond donors (Lipinski definition) is 2. The van der Waals surface area contributed by atoms with E-state index in [0.29, 0.717) is 12.8 Å². The molecule has 0 aliphatic carbocycles. The molecule has 158 valence electrons. The van der Waals surface area contributed by atoms with Crippen molar-refractivity contribution in [3.05, 3.63) is 0 Å². The number of amides is 2. The van der Waals surface area contributed by atoms with Crippen LogP contribution < -0.4 is 10.6 Å². The van der Waals surface area contributed by atoms with E-state index in [1.54, 1.807) is 6.92 Å². The summed E-state index contributed by atoms with van der Waals surface area (Å²) in [6, 6.07) is 0. The first-order chi connectivity index (χ1) is 13.2. The largest absolute Gasteiger partial charge is 0.349 e. The van der Waals surface area contributed by atoms with E-state index in [4.69, 9.17) is 0 Å². The maximum Gasteiger partial charge on any atom is 0.230 e. The first-order valence-electron chi connectivity index (χ1n) is 9.40. The van der Waals surface area contributed by atoms with Gasteiger partial charge in [0.2, 0.25) is 11.8 Å². The van der Waals surface area contributed by atoms with E-state index in [2.05, 4.69) is 10.6 Å². The first-order valence-corrected chi connectivity index (χ1v) is 10.4. The van der Waals surface area contributed by atoms with Crippen LogP contribution in [0.2, 0.25) is 0 Å². The average molecular weight is 415 g/mol. The molecule has 0 radical (unpaired) electrons. The van der Waals surface area contributed by atoms with Gasteiger partial charge in [-0.2, -0.15) is 0 Å². The Morgan fingerprint density at radius 1 is 0.643 bits per heavy atom. The zero-order chi connectivity index (χ0) is 21.4. The average Bonchev–Trinajstić information content (AvgIpc) is 2.63. The zero-order valence-electron chi connectivity index (χ0n) is 16.6. The van der Waals surface area contributed by atoms with Crippen LogP contribution in [0.4, 0.5) is 0 Å². The van der Waals surface area contributed by atoms with E-state index in [0.717, 1.165) is 37.4 Å². The molecule has 0 fully saturated rings. The lowest BCUT2D eigenvalue weighted by Crippen LogP contribution is -2.33. The summed E-state index contributed by atoms with van der Waals surface area (Å²) in [5.41, 5.74) is 0. The van der Waals surface area contributed by atoms with Crippen molar-refractivity contribution >= 4 is 46.0 Å². The maximum absolute atomic E-state index is 11.7. The summed E-state index contributed by atoms with van der Waals surface area (Å²) in [4.78, 5) is 67.9. The molecule has 28 heavy (non-hydrogen) atoms. The molecule has 0 saturated heterocycles. The van der Waals surface area contributed by atoms with E-state index in [-0.39, 0.29) is 60.1 Å². The number of thioether (sulfide) groups is 1. The topological polar surface area (TPSA) is 126 Å². The standard InChI is InChI=1S/C19H30N2O6S/c1-14(22)7-5-3-4-6-8-16(24)11-20-18(26)10-9-17(25)12-21-19(27)13-28-15(2)23/h3-13H2,1-2H3,(H,20,26)(H,21,27). The van der Waals surface area contributed by atoms with Gasteiger partial charge in [-0.3, -0.25) is 24.0 Å². The van der Waals surface area contributed by atoms with Crippen LogP contribution in [0.25, 0.3) is 0 Å². The number of rotatable bonds is 16. The van der Waals surface area contributed by atoms with Gasteiger partial charge in [0.15, 0.2) is 16.7 Å². The van der Waals surface area contributed by atoms with Crippen molar-refractivity contribution in [3.63, 3.8) is 0 Å². The van der Waals surface area contributed by atoms with E-state index >= 15 is 0 Å². The van der Waals surface area contributed by atoms with Crippen LogP contribution in [0, 0.1) is 0 Å². The molecule has 0 heterocycles. The lowest BCUT2D eigenvalue weighted by molar-refractivity contribution is -0.127. The number of nitrogens with one attached hydrogen (secondary N) is 2. The number of ketones is 3. The molecular weight excluding hydrogens is 384 g/mol. The third-order valence-corrected chi connectivity index (χ3v) is 4.55. The molecule has 0 unspecified atom stereocenters. The van der Waals surface area contributed by atoms with Gasteiger partial charge in [-0.15, -0.1) is 0 Å². The molecule has 0 saturated carbocycles. The van der Waals surface area contributed by atoms with E-state index in [1.165, 1.54) is 6.92 Å². The molecule has 0 rings (SSSR count). The number of carbonyl (C=O) groups excluding carboxylic acids is 6. The minimum atomic E-state index is -0.412. The molecule has 0 aliphatic heterocycles. The van der Waals surface area contributed by atoms with Crippen LogP contribution in [-0.2, 0) is 28.8 Å². The molecule has 2 N–H and O–H groups in total. The Balaban J connectivity index is 3.70. The van der Waals surface area contributed by atoms with Crippen molar-refractivity contribution in [1.82, 2.24) is 10.6 Å². The number of Topliss-reactive ketones (excluding diaryl/α,β-unsaturated/α-hetero) is 3. The van der Waals surface area contributed by atoms with Gasteiger partial charge in [-0.1, -0.05) is 24.6 Å². The third-order valence-electron chi connectivity index (χ3n) is 3.74. The van der Waals surface area contributed by atoms with Crippen LogP contribution in [-0.4, -0.2) is 53.1 Å². The van der Waals surface area contributed by atoms with Crippen LogP contribution in [0.5, 0.6) is 0 Å². The fourth-order valence-electron chi connectivity index (χ4n) is 2.18. The number of carbonyl (C=O) groups is 6. The predicted octanol–water partition coefficient (Wildman–Crippen LogP) is 1.35. The molecule has 0 bridgehead atoms. The Labute approximate surface area is 170 Å². The molecule has 0 spiro atoms. The normalized spacial score (nSPS) is 10.2. The molecule has 0 atom stereocenters. The van der Waals surface area contributed by atoms with Crippen molar-refractivity contribution in [2.45, 2.75) is 65.2 Å². The van der Waals surface area contributed by atoms with Crippen LogP contribution in [0.3, 0.4) is 0 Å². The summed E-state index contributed by atoms with van der Waals surface area (Å²) >= 11 is 0.857. The van der Waals surface area contributed by atoms with Crippen LogP contribution in [0.1, 0.15) is 65.2 Å². The van der Waals surface area contributed by atoms with Crippen molar-refractivity contribution in [2.75, 3.05) is 18.8 Å². The van der Waals surface area contributed by atoms with Gasteiger partial charge >= 0.3 is 0 Å². The highest BCUT2D eigenvalue weighted by Gasteiger charge is 2.11. The fraction of sp³-hybridized carbons (Fsp3) is 0.684. The highest BCUT2D eigenvalue weighted by molar-refractivity contribution is 8.14. The summed E-state index contributed by atoms with van der Waals surface area (Å²) in [6.45, 7) is 2.67. The second-order valence-electron chi connectivity index (χ2n) is 6.53. The summed E-state index contributed by atoms with van der Waals surface area (Å²) in [6.07, 6.45) is 4.22. The predicted molar refractivity (Wildman–Crippen MR) is 107 cm³/mol. The lowest BCUT2D eigenvalue weighted by Gasteiger charge is -2.06. The fourth-order valence-corrected chi connectivity index (χ4v) is 2.62. The van der Waals surface area contributed by atoms with Gasteiger partial charge < -0.3 is 15.4 Å². The second-order valence-corrected chi connectivity index (χ2v) is 7.68. The van der Waals surface area contributed by atoms with Gasteiger partial charge in [-0.05, 0) is 19.8 Å². The van der Waals surface area contributed by atoms with E-state index in [9.17, 15) is 28.8 Å². The first kappa shape index (κ1) is 26.0. The van der Waals surface area contributed by atoms with Gasteiger partial charge in [0.05, 0.1) is 18.8 Å². The maximum atomic E-state index is 11.7. The van der Waals surface area contributed by atoms with Gasteiger partial charge in [0.1, 0.15) is 5.78 Å². The Kier molecular flexibility index (Phi) is 14.8. The van der Waals surface area contributed by atoms with Gasteiger partial charge in [0.25, 0.3) is 0 Å². The molecule has 8 nitrogen and oxygen atoms in total. The monoisotopic (exact) mass is 414 g/mol. The molecule has 0 aromatic rings. The molecular formula is C19H30N2O6S. The Morgan fingerprint density at radius 3 is 1.75 bits per heavy atom. The molecule has 0 aromatic heterocycles. The molecule has 9 heteroatoms. The molecule has 0 aliphatic rings. The van der Waals surface area contributed by atoms with Gasteiger partial charge in [0, 0.05) is 32.6 Å². The van der Waals surface area contributed by atoms with Crippen molar-refractivity contribution in [2.24, 2.45) is 0 Å². The van der Waals surface area contributed by atoms with Crippen LogP contribution >= 0.6 is 11.8 Å².